The van der Waals surface area contributed by atoms with Crippen LogP contribution in [0.5, 0.6) is 5.75 Å². The van der Waals surface area contributed by atoms with E-state index >= 15 is 4.39 Å². The average molecular weight is 441 g/mol. The lowest BCUT2D eigenvalue weighted by atomic mass is 9.76. The fraction of sp³-hybridized carbons (Fsp3) is 0.480. The van der Waals surface area contributed by atoms with E-state index < -0.39 is 22.8 Å². The molecule has 0 bridgehead atoms. The first kappa shape index (κ1) is 22.2. The molecule has 2 aromatic rings. The van der Waals surface area contributed by atoms with Crippen LogP contribution in [0.3, 0.4) is 0 Å². The Bertz CT molecular complexity index is 1150. The van der Waals surface area contributed by atoms with E-state index in [-0.39, 0.29) is 23.8 Å². The summed E-state index contributed by atoms with van der Waals surface area (Å²) in [5.41, 5.74) is -0.287. The van der Waals surface area contributed by atoms with Crippen molar-refractivity contribution < 1.29 is 23.5 Å². The predicted octanol–water partition coefficient (Wildman–Crippen LogP) is 4.36. The smallest absolute Gasteiger partial charge is 0.343 e. The molecule has 1 aliphatic heterocycles. The minimum atomic E-state index is -1.02. The SMILES string of the molecule is CCOC(=O)c1cn2c(c(F)c1=O)-c1cc(C=O)c(OCC3CC3)cc1CC2(C)C(C)C. The van der Waals surface area contributed by atoms with Gasteiger partial charge in [-0.3, -0.25) is 9.59 Å². The van der Waals surface area contributed by atoms with E-state index in [2.05, 4.69) is 0 Å². The molecule has 1 atom stereocenters. The van der Waals surface area contributed by atoms with E-state index in [0.717, 1.165) is 18.4 Å². The molecular formula is C25H28FNO5. The summed E-state index contributed by atoms with van der Waals surface area (Å²) < 4.78 is 28.1. The molecule has 0 spiro atoms. The van der Waals surface area contributed by atoms with Crippen LogP contribution in [0, 0.1) is 17.7 Å². The van der Waals surface area contributed by atoms with Gasteiger partial charge in [-0.15, -0.1) is 0 Å². The number of carbonyl (C=O) groups is 2. The summed E-state index contributed by atoms with van der Waals surface area (Å²) in [5.74, 6) is -0.818. The zero-order valence-electron chi connectivity index (χ0n) is 18.9. The van der Waals surface area contributed by atoms with Gasteiger partial charge in [0.15, 0.2) is 12.1 Å². The Balaban J connectivity index is 1.94. The van der Waals surface area contributed by atoms with Crippen LogP contribution in [0.2, 0.25) is 0 Å². The zero-order valence-corrected chi connectivity index (χ0v) is 18.9. The van der Waals surface area contributed by atoms with Crippen molar-refractivity contribution in [2.24, 2.45) is 11.8 Å². The van der Waals surface area contributed by atoms with E-state index in [1.165, 1.54) is 6.20 Å². The van der Waals surface area contributed by atoms with Gasteiger partial charge in [0.2, 0.25) is 5.43 Å². The van der Waals surface area contributed by atoms with Crippen molar-refractivity contribution in [3.63, 3.8) is 0 Å². The topological polar surface area (TPSA) is 74.6 Å². The Kier molecular flexibility index (Phi) is 5.69. The maximum atomic E-state index is 15.6. The highest BCUT2D eigenvalue weighted by atomic mass is 19.1. The van der Waals surface area contributed by atoms with Gasteiger partial charge in [-0.25, -0.2) is 9.18 Å². The highest BCUT2D eigenvalue weighted by Crippen LogP contribution is 2.44. The molecule has 32 heavy (non-hydrogen) atoms. The standard InChI is InChI=1S/C25H28FNO5/c1-5-31-24(30)19-11-27-22(21(26)23(19)29)18-8-17(12-28)20(32-13-15-6-7-15)9-16(18)10-25(27,4)14(2)3/h8-9,11-12,14-15H,5-7,10,13H2,1-4H3. The summed E-state index contributed by atoms with van der Waals surface area (Å²) >= 11 is 0. The lowest BCUT2D eigenvalue weighted by molar-refractivity contribution is 0.0521. The largest absolute Gasteiger partial charge is 0.493 e. The van der Waals surface area contributed by atoms with Gasteiger partial charge in [0.1, 0.15) is 11.3 Å². The summed E-state index contributed by atoms with van der Waals surface area (Å²) in [5, 5.41) is 0. The predicted molar refractivity (Wildman–Crippen MR) is 118 cm³/mol. The number of ether oxygens (including phenoxy) is 2. The molecule has 0 amide bonds. The van der Waals surface area contributed by atoms with E-state index in [1.807, 2.05) is 20.8 Å². The fourth-order valence-corrected chi connectivity index (χ4v) is 4.26. The number of fused-ring (bicyclic) bond motifs is 3. The molecule has 0 radical (unpaired) electrons. The molecule has 7 heteroatoms. The monoisotopic (exact) mass is 441 g/mol. The Morgan fingerprint density at radius 3 is 2.66 bits per heavy atom. The molecule has 1 aromatic carbocycles. The number of rotatable bonds is 7. The number of aromatic nitrogens is 1. The Hall–Kier alpha value is -2.96. The van der Waals surface area contributed by atoms with E-state index in [0.29, 0.717) is 42.1 Å². The van der Waals surface area contributed by atoms with Gasteiger partial charge >= 0.3 is 5.97 Å². The molecular weight excluding hydrogens is 413 g/mol. The summed E-state index contributed by atoms with van der Waals surface area (Å²) in [6.45, 7) is 8.26. The second kappa shape index (κ2) is 8.19. The normalized spacial score (nSPS) is 19.3. The Morgan fingerprint density at radius 2 is 2.06 bits per heavy atom. The second-order valence-corrected chi connectivity index (χ2v) is 9.23. The number of carbonyl (C=O) groups excluding carboxylic acids is 2. The Morgan fingerprint density at radius 1 is 1.34 bits per heavy atom. The quantitative estimate of drug-likeness (QED) is 0.471. The summed E-state index contributed by atoms with van der Waals surface area (Å²) in [6.07, 6.45) is 4.86. The maximum Gasteiger partial charge on any atom is 0.343 e. The van der Waals surface area contributed by atoms with E-state index in [1.54, 1.807) is 23.6 Å². The van der Waals surface area contributed by atoms with Crippen molar-refractivity contribution >= 4 is 12.3 Å². The number of halogens is 1. The average Bonchev–Trinajstić information content (AvgIpc) is 3.58. The molecule has 1 unspecified atom stereocenters. The third-order valence-electron chi connectivity index (χ3n) is 6.78. The van der Waals surface area contributed by atoms with Crippen LogP contribution in [0.1, 0.15) is 66.8 Å². The molecule has 2 heterocycles. The van der Waals surface area contributed by atoms with E-state index in [4.69, 9.17) is 9.47 Å². The number of pyridine rings is 1. The number of hydrogen-bond donors (Lipinski definition) is 0. The number of benzene rings is 1. The highest BCUT2D eigenvalue weighted by molar-refractivity contribution is 5.90. The van der Waals surface area contributed by atoms with Gasteiger partial charge in [0.05, 0.1) is 24.5 Å². The van der Waals surface area contributed by atoms with Crippen LogP contribution in [-0.2, 0) is 16.7 Å². The van der Waals surface area contributed by atoms with Crippen LogP contribution < -0.4 is 10.2 Å². The van der Waals surface area contributed by atoms with Gasteiger partial charge in [0.25, 0.3) is 0 Å². The van der Waals surface area contributed by atoms with Gasteiger partial charge in [-0.05, 0) is 62.6 Å². The van der Waals surface area contributed by atoms with Crippen LogP contribution in [-0.4, -0.2) is 30.0 Å². The number of aldehydes is 1. The van der Waals surface area contributed by atoms with Crippen molar-refractivity contribution in [3.8, 4) is 17.0 Å². The van der Waals surface area contributed by atoms with Crippen LogP contribution >= 0.6 is 0 Å². The van der Waals surface area contributed by atoms with Gasteiger partial charge in [0, 0.05) is 17.3 Å². The first-order valence-corrected chi connectivity index (χ1v) is 11.1. The van der Waals surface area contributed by atoms with Crippen LogP contribution in [0.15, 0.2) is 23.1 Å². The first-order chi connectivity index (χ1) is 15.2. The minimum absolute atomic E-state index is 0.0490. The maximum absolute atomic E-state index is 15.6. The first-order valence-electron chi connectivity index (χ1n) is 11.1. The molecule has 1 aliphatic carbocycles. The van der Waals surface area contributed by atoms with Crippen molar-refractivity contribution in [2.75, 3.05) is 13.2 Å². The van der Waals surface area contributed by atoms with Crippen molar-refractivity contribution in [3.05, 3.63) is 51.1 Å². The second-order valence-electron chi connectivity index (χ2n) is 9.23. The molecule has 0 N–H and O–H groups in total. The Labute approximate surface area is 186 Å². The molecule has 1 aromatic heterocycles. The third-order valence-corrected chi connectivity index (χ3v) is 6.78. The van der Waals surface area contributed by atoms with Gasteiger partial charge in [-0.2, -0.15) is 0 Å². The van der Waals surface area contributed by atoms with Crippen LogP contribution in [0.25, 0.3) is 11.3 Å². The molecule has 2 aliphatic rings. The van der Waals surface area contributed by atoms with Gasteiger partial charge < -0.3 is 14.0 Å². The lowest BCUT2D eigenvalue weighted by Gasteiger charge is -2.43. The number of nitrogens with zero attached hydrogens (tertiary/aromatic N) is 1. The molecule has 170 valence electrons. The zero-order chi connectivity index (χ0) is 23.2. The highest BCUT2D eigenvalue weighted by Gasteiger charge is 2.40. The molecule has 4 rings (SSSR count). The van der Waals surface area contributed by atoms with Crippen molar-refractivity contribution in [1.29, 1.82) is 0 Å². The molecule has 1 saturated carbocycles. The molecule has 6 nitrogen and oxygen atoms in total. The fourth-order valence-electron chi connectivity index (χ4n) is 4.26. The third kappa shape index (κ3) is 3.63. The van der Waals surface area contributed by atoms with Gasteiger partial charge in [-0.1, -0.05) is 13.8 Å². The molecule has 1 fully saturated rings. The molecule has 0 saturated heterocycles. The summed E-state index contributed by atoms with van der Waals surface area (Å²) in [7, 11) is 0. The van der Waals surface area contributed by atoms with Crippen molar-refractivity contribution in [1.82, 2.24) is 4.57 Å². The van der Waals surface area contributed by atoms with Crippen LogP contribution in [0.4, 0.5) is 4.39 Å². The summed E-state index contributed by atoms with van der Waals surface area (Å²) in [6, 6.07) is 3.39. The minimum Gasteiger partial charge on any atom is -0.493 e. The number of hydrogen-bond acceptors (Lipinski definition) is 5. The summed E-state index contributed by atoms with van der Waals surface area (Å²) in [4.78, 5) is 36.9. The van der Waals surface area contributed by atoms with Crippen molar-refractivity contribution in [2.45, 2.75) is 52.5 Å². The number of esters is 1. The lowest BCUT2D eigenvalue weighted by Crippen LogP contribution is -2.43. The van der Waals surface area contributed by atoms with E-state index in [9.17, 15) is 14.4 Å².